The van der Waals surface area contributed by atoms with Crippen LogP contribution in [0.15, 0.2) is 45.4 Å². The summed E-state index contributed by atoms with van der Waals surface area (Å²) >= 11 is 0.839. The Labute approximate surface area is 155 Å². The fourth-order valence-electron chi connectivity index (χ4n) is 1.95. The number of aryl methyl sites for hydroxylation is 1. The van der Waals surface area contributed by atoms with Gasteiger partial charge in [0, 0.05) is 11.3 Å². The highest BCUT2D eigenvalue weighted by atomic mass is 32.2. The van der Waals surface area contributed by atoms with Crippen molar-refractivity contribution >= 4 is 23.8 Å². The van der Waals surface area contributed by atoms with Crippen LogP contribution in [0.25, 0.3) is 6.08 Å². The summed E-state index contributed by atoms with van der Waals surface area (Å²) in [7, 11) is 0. The zero-order chi connectivity index (χ0) is 18.9. The molecule has 7 nitrogen and oxygen atoms in total. The minimum atomic E-state index is -1.34. The first kappa shape index (κ1) is 19.6. The summed E-state index contributed by atoms with van der Waals surface area (Å²) in [5, 5.41) is 19.2. The van der Waals surface area contributed by atoms with Gasteiger partial charge in [-0.1, -0.05) is 25.6 Å². The second-order valence-electron chi connectivity index (χ2n) is 4.95. The zero-order valence-electron chi connectivity index (χ0n) is 14.6. The lowest BCUT2D eigenvalue weighted by Gasteiger charge is -2.12. The van der Waals surface area contributed by atoms with Gasteiger partial charge in [0.1, 0.15) is 6.61 Å². The quantitative estimate of drug-likeness (QED) is 0.355. The molecule has 0 N–H and O–H groups in total. The predicted octanol–water partition coefficient (Wildman–Crippen LogP) is 2.48. The van der Waals surface area contributed by atoms with Crippen LogP contribution >= 0.6 is 11.8 Å². The number of rotatable bonds is 10. The van der Waals surface area contributed by atoms with Crippen molar-refractivity contribution in [2.24, 2.45) is 0 Å². The summed E-state index contributed by atoms with van der Waals surface area (Å²) in [5.74, 6) is 0.164. The van der Waals surface area contributed by atoms with Crippen LogP contribution in [0.1, 0.15) is 25.3 Å². The topological polar surface area (TPSA) is 97.5 Å². The summed E-state index contributed by atoms with van der Waals surface area (Å²) < 4.78 is 16.4. The molecule has 0 bridgehead atoms. The van der Waals surface area contributed by atoms with E-state index in [1.165, 1.54) is 6.08 Å². The van der Waals surface area contributed by atoms with Gasteiger partial charge >= 0.3 is 0 Å². The number of carbonyl (C=O) groups is 1. The van der Waals surface area contributed by atoms with Crippen LogP contribution in [0, 0.1) is 0 Å². The van der Waals surface area contributed by atoms with Crippen LogP contribution < -0.4 is 14.6 Å². The summed E-state index contributed by atoms with van der Waals surface area (Å²) in [4.78, 5) is 11.4. The molecule has 1 aromatic heterocycles. The van der Waals surface area contributed by atoms with Crippen molar-refractivity contribution in [3.63, 3.8) is 0 Å². The number of aliphatic carboxylic acids is 1. The maximum absolute atomic E-state index is 11.4. The van der Waals surface area contributed by atoms with Crippen LogP contribution in [0.4, 0.5) is 0 Å². The molecule has 8 heteroatoms. The van der Waals surface area contributed by atoms with Crippen LogP contribution in [0.3, 0.4) is 0 Å². The molecule has 0 atom stereocenters. The Balaban J connectivity index is 2.28. The maximum atomic E-state index is 11.4. The van der Waals surface area contributed by atoms with Gasteiger partial charge in [0.2, 0.25) is 5.89 Å². The number of thioether (sulfide) groups is 1. The lowest BCUT2D eigenvalue weighted by molar-refractivity contribution is -0.298. The predicted molar refractivity (Wildman–Crippen MR) is 95.8 cm³/mol. The Hall–Kier alpha value is -2.74. The Morgan fingerprint density at radius 2 is 2.12 bits per heavy atom. The van der Waals surface area contributed by atoms with Crippen LogP contribution in [0.5, 0.6) is 11.5 Å². The SMILES string of the molecule is C=CCOc1ccc(/C=C(\Sc2nnc(CC)o2)C(=O)[O-])cc1OCC. The number of nitrogens with zero attached hydrogens (tertiary/aromatic N) is 2. The van der Waals surface area contributed by atoms with Crippen molar-refractivity contribution in [2.75, 3.05) is 13.2 Å². The van der Waals surface area contributed by atoms with Crippen LogP contribution in [-0.2, 0) is 11.2 Å². The number of benzene rings is 1. The number of hydrogen-bond donors (Lipinski definition) is 0. The van der Waals surface area contributed by atoms with Gasteiger partial charge in [0.25, 0.3) is 5.22 Å². The zero-order valence-corrected chi connectivity index (χ0v) is 15.4. The van der Waals surface area contributed by atoms with Crippen molar-refractivity contribution < 1.29 is 23.8 Å². The lowest BCUT2D eigenvalue weighted by Crippen LogP contribution is -2.23. The van der Waals surface area contributed by atoms with Crippen LogP contribution in [-0.4, -0.2) is 29.4 Å². The third-order valence-corrected chi connectivity index (χ3v) is 3.92. The number of carboxylic acid groups (broad SMARTS) is 1. The van der Waals surface area contributed by atoms with E-state index in [0.717, 1.165) is 11.8 Å². The molecular weight excluding hydrogens is 356 g/mol. The van der Waals surface area contributed by atoms with E-state index in [1.54, 1.807) is 24.3 Å². The average Bonchev–Trinajstić information content (AvgIpc) is 3.08. The van der Waals surface area contributed by atoms with E-state index in [4.69, 9.17) is 13.9 Å². The highest BCUT2D eigenvalue weighted by molar-refractivity contribution is 8.03. The van der Waals surface area contributed by atoms with Crippen LogP contribution in [0.2, 0.25) is 0 Å². The molecule has 0 saturated heterocycles. The number of aromatic nitrogens is 2. The smallest absolute Gasteiger partial charge is 0.281 e. The Kier molecular flexibility index (Phi) is 7.28. The third kappa shape index (κ3) is 5.38. The van der Waals surface area contributed by atoms with E-state index in [-0.39, 0.29) is 10.1 Å². The van der Waals surface area contributed by atoms with Crippen molar-refractivity contribution in [3.05, 3.63) is 47.2 Å². The summed E-state index contributed by atoms with van der Waals surface area (Å²) in [6.07, 6.45) is 3.65. The summed E-state index contributed by atoms with van der Waals surface area (Å²) in [6.45, 7) is 8.10. The van der Waals surface area contributed by atoms with E-state index in [1.807, 2.05) is 13.8 Å². The summed E-state index contributed by atoms with van der Waals surface area (Å²) in [6, 6.07) is 5.12. The van der Waals surface area contributed by atoms with E-state index < -0.39 is 5.97 Å². The lowest BCUT2D eigenvalue weighted by atomic mass is 10.2. The van der Waals surface area contributed by atoms with Crippen molar-refractivity contribution in [1.82, 2.24) is 10.2 Å². The molecule has 1 heterocycles. The fraction of sp³-hybridized carbons (Fsp3) is 0.278. The molecule has 0 amide bonds. The number of ether oxygens (including phenoxy) is 2. The van der Waals surface area contributed by atoms with Gasteiger partial charge in [-0.05, 0) is 42.5 Å². The highest BCUT2D eigenvalue weighted by Crippen LogP contribution is 2.32. The summed E-state index contributed by atoms with van der Waals surface area (Å²) in [5.41, 5.74) is 0.612. The molecule has 2 rings (SSSR count). The molecule has 0 aliphatic rings. The molecule has 2 aromatic rings. The largest absolute Gasteiger partial charge is 0.544 e. The van der Waals surface area contributed by atoms with Crippen molar-refractivity contribution in [1.29, 1.82) is 0 Å². The molecule has 1 aromatic carbocycles. The molecule has 0 spiro atoms. The average molecular weight is 375 g/mol. The number of hydrogen-bond acceptors (Lipinski definition) is 8. The minimum Gasteiger partial charge on any atom is -0.544 e. The Bertz CT molecular complexity index is 801. The van der Waals surface area contributed by atoms with Gasteiger partial charge < -0.3 is 23.8 Å². The maximum Gasteiger partial charge on any atom is 0.281 e. The molecule has 0 fully saturated rings. The van der Waals surface area contributed by atoms with Gasteiger partial charge in [-0.2, -0.15) is 0 Å². The number of carbonyl (C=O) groups excluding carboxylic acids is 1. The third-order valence-electron chi connectivity index (χ3n) is 3.07. The second-order valence-corrected chi connectivity index (χ2v) is 5.95. The normalized spacial score (nSPS) is 11.2. The molecular formula is C18H19N2O5S-. The van der Waals surface area contributed by atoms with E-state index in [2.05, 4.69) is 16.8 Å². The highest BCUT2D eigenvalue weighted by Gasteiger charge is 2.11. The van der Waals surface area contributed by atoms with Crippen molar-refractivity contribution in [3.8, 4) is 11.5 Å². The van der Waals surface area contributed by atoms with E-state index in [0.29, 0.717) is 42.6 Å². The van der Waals surface area contributed by atoms with E-state index in [9.17, 15) is 9.90 Å². The van der Waals surface area contributed by atoms with Crippen molar-refractivity contribution in [2.45, 2.75) is 25.5 Å². The van der Waals surface area contributed by atoms with Gasteiger partial charge in [-0.25, -0.2) is 0 Å². The minimum absolute atomic E-state index is 0.0569. The Morgan fingerprint density at radius 1 is 1.31 bits per heavy atom. The van der Waals surface area contributed by atoms with E-state index >= 15 is 0 Å². The molecule has 0 aliphatic heterocycles. The molecule has 0 unspecified atom stereocenters. The first-order chi connectivity index (χ1) is 12.6. The monoisotopic (exact) mass is 375 g/mol. The molecule has 138 valence electrons. The first-order valence-electron chi connectivity index (χ1n) is 8.01. The molecule has 0 saturated carbocycles. The molecule has 0 radical (unpaired) electrons. The fourth-order valence-corrected chi connectivity index (χ4v) is 2.63. The molecule has 0 aliphatic carbocycles. The molecule has 26 heavy (non-hydrogen) atoms. The second kappa shape index (κ2) is 9.67. The first-order valence-corrected chi connectivity index (χ1v) is 8.82. The van der Waals surface area contributed by atoms with Gasteiger partial charge in [0.05, 0.1) is 12.6 Å². The van der Waals surface area contributed by atoms with Gasteiger partial charge in [-0.15, -0.1) is 10.2 Å². The van der Waals surface area contributed by atoms with Gasteiger partial charge in [-0.3, -0.25) is 0 Å². The Morgan fingerprint density at radius 3 is 2.73 bits per heavy atom. The number of carboxylic acids is 1. The standard InChI is InChI=1S/C18H20N2O5S/c1-4-9-24-13-8-7-12(10-14(13)23-6-3)11-15(17(21)22)26-18-20-19-16(5-2)25-18/h4,7-8,10-11H,1,5-6,9H2,2-3H3,(H,21,22)/p-1/b15-11-. The van der Waals surface area contributed by atoms with Gasteiger partial charge in [0.15, 0.2) is 11.5 Å².